The number of aromatic nitrogens is 1. The zero-order valence-corrected chi connectivity index (χ0v) is 30.7. The maximum absolute atomic E-state index is 13.4. The van der Waals surface area contributed by atoms with Gasteiger partial charge < -0.3 is 24.1 Å². The zero-order chi connectivity index (χ0) is 34.0. The van der Waals surface area contributed by atoms with Crippen molar-refractivity contribution >= 4 is 50.4 Å². The molecule has 1 aromatic heterocycles. The Labute approximate surface area is 307 Å². The summed E-state index contributed by atoms with van der Waals surface area (Å²) in [7, 11) is -2.91. The van der Waals surface area contributed by atoms with Crippen LogP contribution in [0.4, 0.5) is 0 Å². The number of amides is 2. The summed E-state index contributed by atoms with van der Waals surface area (Å²) >= 11 is 5.94. The largest absolute Gasteiger partial charge is 1.00 e. The molecule has 4 rings (SSSR count). The fourth-order valence-electron chi connectivity index (χ4n) is 4.92. The van der Waals surface area contributed by atoms with E-state index in [2.05, 4.69) is 17.2 Å². The molecule has 2 aromatic carbocycles. The molecule has 3 aromatic rings. The Kier molecular flexibility index (Phi) is 15.2. The molecule has 1 heterocycles. The minimum Gasteiger partial charge on any atom is -0.748 e. The summed E-state index contributed by atoms with van der Waals surface area (Å²) in [6, 6.07) is 12.6. The van der Waals surface area contributed by atoms with Crippen LogP contribution in [0.1, 0.15) is 78.9 Å². The molecule has 0 atom stereocenters. The van der Waals surface area contributed by atoms with E-state index in [4.69, 9.17) is 16.3 Å². The van der Waals surface area contributed by atoms with E-state index in [0.717, 1.165) is 23.9 Å². The van der Waals surface area contributed by atoms with Gasteiger partial charge in [0.05, 0.1) is 21.4 Å². The Morgan fingerprint density at radius 1 is 1.06 bits per heavy atom. The maximum atomic E-state index is 13.4. The summed E-state index contributed by atoms with van der Waals surface area (Å²) in [6.45, 7) is 0.00505. The van der Waals surface area contributed by atoms with Crippen molar-refractivity contribution in [2.24, 2.45) is 0 Å². The first kappa shape index (κ1) is 39.3. The molecule has 0 saturated heterocycles. The second-order valence-electron chi connectivity index (χ2n) is 11.5. The zero-order valence-electron chi connectivity index (χ0n) is 27.1. The summed E-state index contributed by atoms with van der Waals surface area (Å²) < 4.78 is 39.3. The van der Waals surface area contributed by atoms with Crippen LogP contribution >= 0.6 is 11.6 Å². The first-order chi connectivity index (χ1) is 22.4. The van der Waals surface area contributed by atoms with Crippen molar-refractivity contribution in [1.29, 1.82) is 0 Å². The van der Waals surface area contributed by atoms with Crippen molar-refractivity contribution < 1.29 is 61.6 Å². The number of hydrogen-bond donors (Lipinski definition) is 1. The maximum Gasteiger partial charge on any atom is 1.00 e. The predicted molar refractivity (Wildman–Crippen MR) is 177 cm³/mol. The second kappa shape index (κ2) is 18.5. The molecule has 0 aliphatic heterocycles. The smallest absolute Gasteiger partial charge is 0.748 e. The standard InChI is InChI=1S/C34H38ClN3O8S.Na/c1-37(18-20-47(43,44)45)31(39)8-4-2-3-5-9-32(40)46-19-6-7-24-12-17-30-28(21-24)33(41)29(23-38(30)27-15-16-27)34(42)36-22-25-10-13-26(35)14-11-25;/h10-14,17,21,23,27H,2-5,8-9,15-16,18-20,22H2,1H3,(H,36,42)(H,43,44,45);/q;+1/p-1. The number of unbranched alkanes of at least 4 members (excludes halogenated alkanes) is 3. The van der Waals surface area contributed by atoms with E-state index in [1.165, 1.54) is 11.9 Å². The van der Waals surface area contributed by atoms with Gasteiger partial charge in [-0.25, -0.2) is 8.42 Å². The molecule has 1 saturated carbocycles. The van der Waals surface area contributed by atoms with Crippen molar-refractivity contribution in [2.75, 3.05) is 26.0 Å². The van der Waals surface area contributed by atoms with Crippen LogP contribution in [-0.4, -0.2) is 66.2 Å². The quantitative estimate of drug-likeness (QED) is 0.0813. The van der Waals surface area contributed by atoms with E-state index in [9.17, 15) is 32.1 Å². The fourth-order valence-corrected chi connectivity index (χ4v) is 5.54. The van der Waals surface area contributed by atoms with E-state index < -0.39 is 27.7 Å². The van der Waals surface area contributed by atoms with Crippen LogP contribution in [0.5, 0.6) is 0 Å². The minimum absolute atomic E-state index is 0. The van der Waals surface area contributed by atoms with Gasteiger partial charge in [0.15, 0.2) is 6.61 Å². The van der Waals surface area contributed by atoms with Crippen LogP contribution in [0.15, 0.2) is 53.5 Å². The Balaban J connectivity index is 0.00000625. The summed E-state index contributed by atoms with van der Waals surface area (Å²) in [5.74, 6) is 4.04. The number of ether oxygens (including phenoxy) is 1. The monoisotopic (exact) mass is 705 g/mol. The van der Waals surface area contributed by atoms with Crippen LogP contribution in [0.2, 0.25) is 5.02 Å². The van der Waals surface area contributed by atoms with Crippen molar-refractivity contribution in [1.82, 2.24) is 14.8 Å². The second-order valence-corrected chi connectivity index (χ2v) is 13.5. The number of nitrogens with zero attached hydrogens (tertiary/aromatic N) is 2. The molecule has 0 unspecified atom stereocenters. The molecule has 0 bridgehead atoms. The molecule has 2 amide bonds. The van der Waals surface area contributed by atoms with E-state index in [1.807, 2.05) is 22.8 Å². The normalized spacial score (nSPS) is 12.4. The number of hydrogen-bond acceptors (Lipinski definition) is 8. The van der Waals surface area contributed by atoms with Crippen LogP contribution < -0.4 is 40.3 Å². The fraction of sp³-hybridized carbons (Fsp3) is 0.412. The number of halogens is 1. The summed E-state index contributed by atoms with van der Waals surface area (Å²) in [4.78, 5) is 51.8. The molecule has 1 fully saturated rings. The molecule has 1 aliphatic rings. The summed E-state index contributed by atoms with van der Waals surface area (Å²) in [5.41, 5.74) is 1.82. The Morgan fingerprint density at radius 3 is 2.42 bits per heavy atom. The van der Waals surface area contributed by atoms with E-state index in [1.54, 1.807) is 30.5 Å². The first-order valence-corrected chi connectivity index (χ1v) is 17.4. The van der Waals surface area contributed by atoms with Gasteiger partial charge in [-0.2, -0.15) is 0 Å². The van der Waals surface area contributed by atoms with Gasteiger partial charge in [-0.1, -0.05) is 48.4 Å². The average Bonchev–Trinajstić information content (AvgIpc) is 3.88. The molecular formula is C34H37ClN3NaO8S. The minimum atomic E-state index is -4.36. The summed E-state index contributed by atoms with van der Waals surface area (Å²) in [6.07, 6.45) is 6.60. The first-order valence-electron chi connectivity index (χ1n) is 15.4. The Hall–Kier alpha value is -3.18. The molecule has 0 spiro atoms. The van der Waals surface area contributed by atoms with Crippen molar-refractivity contribution in [2.45, 2.75) is 64.0 Å². The number of carbonyl (C=O) groups is 3. The number of pyridine rings is 1. The van der Waals surface area contributed by atoms with Gasteiger partial charge in [-0.3, -0.25) is 19.2 Å². The Morgan fingerprint density at radius 2 is 1.75 bits per heavy atom. The SMILES string of the molecule is CN(CCS(=O)(=O)[O-])C(=O)CCCCCCC(=O)OCC#Cc1ccc2c(c1)c(=O)c(C(=O)NCc1ccc(Cl)cc1)cn2C1CC1.[Na+]. The van der Waals surface area contributed by atoms with Crippen LogP contribution in [-0.2, 0) is 31.0 Å². The molecule has 1 aliphatic carbocycles. The summed E-state index contributed by atoms with van der Waals surface area (Å²) in [5, 5.41) is 3.81. The number of nitrogens with one attached hydrogen (secondary N) is 1. The van der Waals surface area contributed by atoms with Gasteiger partial charge in [0.1, 0.15) is 5.56 Å². The van der Waals surface area contributed by atoms with Gasteiger partial charge in [0.2, 0.25) is 11.3 Å². The van der Waals surface area contributed by atoms with E-state index in [0.29, 0.717) is 41.7 Å². The molecule has 14 heteroatoms. The van der Waals surface area contributed by atoms with Crippen LogP contribution in [0, 0.1) is 11.8 Å². The number of benzene rings is 2. The molecule has 11 nitrogen and oxygen atoms in total. The number of carbonyl (C=O) groups excluding carboxylic acids is 3. The number of esters is 1. The van der Waals surface area contributed by atoms with Crippen molar-refractivity contribution in [3.05, 3.63) is 80.6 Å². The van der Waals surface area contributed by atoms with Gasteiger partial charge >= 0.3 is 35.5 Å². The topological polar surface area (TPSA) is 155 Å². The molecular weight excluding hydrogens is 669 g/mol. The number of fused-ring (bicyclic) bond motifs is 1. The average molecular weight is 706 g/mol. The van der Waals surface area contributed by atoms with E-state index >= 15 is 0 Å². The third kappa shape index (κ3) is 12.4. The van der Waals surface area contributed by atoms with Gasteiger partial charge in [0.25, 0.3) is 5.91 Å². The van der Waals surface area contributed by atoms with Gasteiger partial charge in [-0.15, -0.1) is 0 Å². The van der Waals surface area contributed by atoms with Crippen LogP contribution in [0.25, 0.3) is 10.9 Å². The van der Waals surface area contributed by atoms with Crippen molar-refractivity contribution in [3.63, 3.8) is 0 Å². The molecule has 48 heavy (non-hydrogen) atoms. The predicted octanol–water partition coefficient (Wildman–Crippen LogP) is 1.16. The van der Waals surface area contributed by atoms with E-state index in [-0.39, 0.29) is 85.0 Å². The third-order valence-electron chi connectivity index (χ3n) is 7.75. The van der Waals surface area contributed by atoms with Gasteiger partial charge in [0, 0.05) is 61.2 Å². The molecule has 1 N–H and O–H groups in total. The van der Waals surface area contributed by atoms with Crippen molar-refractivity contribution in [3.8, 4) is 11.8 Å². The Bertz CT molecular complexity index is 1850. The van der Waals surface area contributed by atoms with Crippen LogP contribution in [0.3, 0.4) is 0 Å². The molecule has 250 valence electrons. The van der Waals surface area contributed by atoms with Gasteiger partial charge in [-0.05, 0) is 61.6 Å². The molecule has 0 radical (unpaired) electrons. The third-order valence-corrected chi connectivity index (χ3v) is 8.68. The number of rotatable bonds is 15.